The number of benzene rings is 1. The topological polar surface area (TPSA) is 69.0 Å². The second-order valence-corrected chi connectivity index (χ2v) is 8.75. The van der Waals surface area contributed by atoms with E-state index in [9.17, 15) is 9.18 Å². The lowest BCUT2D eigenvalue weighted by Gasteiger charge is -2.30. The Hall–Kier alpha value is -2.96. The highest BCUT2D eigenvalue weighted by Gasteiger charge is 2.25. The van der Waals surface area contributed by atoms with E-state index in [1.807, 2.05) is 18.3 Å². The van der Waals surface area contributed by atoms with Gasteiger partial charge < -0.3 is 10.1 Å². The van der Waals surface area contributed by atoms with E-state index in [1.54, 1.807) is 7.11 Å². The summed E-state index contributed by atoms with van der Waals surface area (Å²) in [5.74, 6) is 1.19. The van der Waals surface area contributed by atoms with Crippen LogP contribution in [-0.2, 0) is 0 Å². The molecule has 0 radical (unpaired) electrons. The number of methoxy groups -OCH3 is 1. The Morgan fingerprint density at radius 1 is 1.23 bits per heavy atom. The Morgan fingerprint density at radius 3 is 2.61 bits per heavy atom. The third-order valence-electron chi connectivity index (χ3n) is 6.40. The van der Waals surface area contributed by atoms with Gasteiger partial charge in [0.05, 0.1) is 30.0 Å². The number of halogens is 1. The van der Waals surface area contributed by atoms with Gasteiger partial charge in [-0.3, -0.25) is 9.48 Å². The van der Waals surface area contributed by atoms with E-state index < -0.39 is 11.7 Å². The third-order valence-corrected chi connectivity index (χ3v) is 6.40. The maximum atomic E-state index is 13.5. The van der Waals surface area contributed by atoms with Gasteiger partial charge in [0, 0.05) is 17.6 Å². The summed E-state index contributed by atoms with van der Waals surface area (Å²) >= 11 is 0. The molecule has 1 fully saturated rings. The summed E-state index contributed by atoms with van der Waals surface area (Å²) in [5.41, 5.74) is 1.70. The zero-order chi connectivity index (χ0) is 22.1. The molecule has 1 aliphatic rings. The summed E-state index contributed by atoms with van der Waals surface area (Å²) in [4.78, 5) is 16.7. The number of ether oxygens (including phenoxy) is 1. The number of aromatic nitrogens is 3. The normalized spacial score (nSPS) is 19.0. The highest BCUT2D eigenvalue weighted by atomic mass is 19.1. The monoisotopic (exact) mass is 424 g/mol. The van der Waals surface area contributed by atoms with Crippen LogP contribution in [0.2, 0.25) is 0 Å². The van der Waals surface area contributed by atoms with Crippen molar-refractivity contribution in [3.63, 3.8) is 0 Å². The molecule has 164 valence electrons. The van der Waals surface area contributed by atoms with Gasteiger partial charge in [0.25, 0.3) is 5.91 Å². The lowest BCUT2D eigenvalue weighted by molar-refractivity contribution is 0.102. The second-order valence-electron chi connectivity index (χ2n) is 8.75. The highest BCUT2D eigenvalue weighted by molar-refractivity contribution is 6.05. The minimum Gasteiger partial charge on any atom is -0.494 e. The van der Waals surface area contributed by atoms with Crippen LogP contribution in [0.4, 0.5) is 10.1 Å². The minimum absolute atomic E-state index is 0.152. The molecule has 0 atom stereocenters. The Balaban J connectivity index is 1.57. The van der Waals surface area contributed by atoms with Gasteiger partial charge in [0.1, 0.15) is 17.3 Å². The lowest BCUT2D eigenvalue weighted by atomic mass is 9.80. The molecule has 0 aliphatic heterocycles. The van der Waals surface area contributed by atoms with Crippen molar-refractivity contribution < 1.29 is 13.9 Å². The molecule has 31 heavy (non-hydrogen) atoms. The fourth-order valence-corrected chi connectivity index (χ4v) is 4.41. The zero-order valence-electron chi connectivity index (χ0n) is 18.5. The molecule has 0 saturated heterocycles. The Morgan fingerprint density at radius 2 is 1.97 bits per heavy atom. The molecule has 1 aromatic carbocycles. The van der Waals surface area contributed by atoms with Crippen molar-refractivity contribution >= 4 is 22.5 Å². The molecule has 3 aromatic rings. The quantitative estimate of drug-likeness (QED) is 0.585. The van der Waals surface area contributed by atoms with Gasteiger partial charge in [-0.2, -0.15) is 5.10 Å². The Bertz CT molecular complexity index is 1100. The van der Waals surface area contributed by atoms with Gasteiger partial charge in [-0.05, 0) is 62.6 Å². The number of amides is 1. The SMILES string of the molecule is COc1cc2nn(C3CCC(C(C)C)CC3)cc2cc1NC(=O)c1ccc(F)c(C)n1. The molecule has 2 heterocycles. The van der Waals surface area contributed by atoms with Crippen LogP contribution in [-0.4, -0.2) is 27.8 Å². The van der Waals surface area contributed by atoms with Crippen molar-refractivity contribution in [3.05, 3.63) is 47.7 Å². The molecule has 1 aliphatic carbocycles. The van der Waals surface area contributed by atoms with Gasteiger partial charge in [0.15, 0.2) is 0 Å². The number of anilines is 1. The average molecular weight is 425 g/mol. The number of hydrogen-bond donors (Lipinski definition) is 1. The molecule has 2 aromatic heterocycles. The molecule has 1 amide bonds. The molecular formula is C24H29FN4O2. The molecule has 1 N–H and O–H groups in total. The van der Waals surface area contributed by atoms with E-state index in [1.165, 1.54) is 31.9 Å². The molecule has 1 saturated carbocycles. The van der Waals surface area contributed by atoms with E-state index in [2.05, 4.69) is 28.8 Å². The standard InChI is InChI=1S/C24H29FN4O2/c1-14(2)16-5-7-18(8-6-16)29-13-17-11-22(23(31-4)12-21(17)28-29)27-24(30)20-10-9-19(25)15(3)26-20/h9-14,16,18H,5-8H2,1-4H3,(H,27,30). The van der Waals surface area contributed by atoms with Crippen molar-refractivity contribution in [3.8, 4) is 5.75 Å². The van der Waals surface area contributed by atoms with Crippen LogP contribution in [0.1, 0.15) is 61.8 Å². The smallest absolute Gasteiger partial charge is 0.274 e. The number of nitrogens with one attached hydrogen (secondary N) is 1. The first kappa shape index (κ1) is 21.3. The first-order valence-electron chi connectivity index (χ1n) is 10.9. The van der Waals surface area contributed by atoms with Crippen LogP contribution >= 0.6 is 0 Å². The number of hydrogen-bond acceptors (Lipinski definition) is 4. The number of rotatable bonds is 5. The molecule has 0 unspecified atom stereocenters. The molecule has 0 spiro atoms. The van der Waals surface area contributed by atoms with Crippen molar-refractivity contribution in [1.29, 1.82) is 0 Å². The summed E-state index contributed by atoms with van der Waals surface area (Å²) in [6.07, 6.45) is 6.77. The van der Waals surface area contributed by atoms with Gasteiger partial charge in [-0.25, -0.2) is 9.37 Å². The number of pyridine rings is 1. The van der Waals surface area contributed by atoms with Crippen LogP contribution in [0.25, 0.3) is 10.9 Å². The van der Waals surface area contributed by atoms with Crippen molar-refractivity contribution in [2.24, 2.45) is 11.8 Å². The van der Waals surface area contributed by atoms with Crippen molar-refractivity contribution in [2.75, 3.05) is 12.4 Å². The highest BCUT2D eigenvalue weighted by Crippen LogP contribution is 2.37. The fourth-order valence-electron chi connectivity index (χ4n) is 4.41. The van der Waals surface area contributed by atoms with E-state index in [0.29, 0.717) is 17.5 Å². The lowest BCUT2D eigenvalue weighted by Crippen LogP contribution is -2.21. The second kappa shape index (κ2) is 8.65. The largest absolute Gasteiger partial charge is 0.494 e. The maximum absolute atomic E-state index is 13.5. The number of carbonyl (C=O) groups excluding carboxylic acids is 1. The van der Waals surface area contributed by atoms with Gasteiger partial charge >= 0.3 is 0 Å². The van der Waals surface area contributed by atoms with Crippen molar-refractivity contribution in [2.45, 2.75) is 52.5 Å². The summed E-state index contributed by atoms with van der Waals surface area (Å²) in [7, 11) is 1.56. The summed E-state index contributed by atoms with van der Waals surface area (Å²) in [6, 6.07) is 6.72. The first-order chi connectivity index (χ1) is 14.9. The first-order valence-corrected chi connectivity index (χ1v) is 10.9. The minimum atomic E-state index is -0.439. The molecular weight excluding hydrogens is 395 g/mol. The van der Waals surface area contributed by atoms with E-state index in [4.69, 9.17) is 9.84 Å². The van der Waals surface area contributed by atoms with E-state index in [0.717, 1.165) is 35.6 Å². The Labute approximate surface area is 181 Å². The van der Waals surface area contributed by atoms with E-state index >= 15 is 0 Å². The van der Waals surface area contributed by atoms with Gasteiger partial charge in [-0.15, -0.1) is 0 Å². The third kappa shape index (κ3) is 4.40. The van der Waals surface area contributed by atoms with Crippen LogP contribution in [0, 0.1) is 24.6 Å². The van der Waals surface area contributed by atoms with E-state index in [-0.39, 0.29) is 11.4 Å². The van der Waals surface area contributed by atoms with Crippen LogP contribution in [0.5, 0.6) is 5.75 Å². The number of nitrogens with zero attached hydrogens (tertiary/aromatic N) is 3. The zero-order valence-corrected chi connectivity index (χ0v) is 18.5. The fraction of sp³-hybridized carbons (Fsp3) is 0.458. The summed E-state index contributed by atoms with van der Waals surface area (Å²) < 4.78 is 21.0. The number of carbonyl (C=O) groups is 1. The average Bonchev–Trinajstić information content (AvgIpc) is 3.18. The molecule has 6 nitrogen and oxygen atoms in total. The van der Waals surface area contributed by atoms with Crippen LogP contribution in [0.15, 0.2) is 30.5 Å². The maximum Gasteiger partial charge on any atom is 0.274 e. The van der Waals surface area contributed by atoms with Crippen LogP contribution in [0.3, 0.4) is 0 Å². The van der Waals surface area contributed by atoms with Gasteiger partial charge in [0.2, 0.25) is 0 Å². The molecule has 0 bridgehead atoms. The van der Waals surface area contributed by atoms with Crippen LogP contribution < -0.4 is 10.1 Å². The van der Waals surface area contributed by atoms with Crippen molar-refractivity contribution in [1.82, 2.24) is 14.8 Å². The predicted molar refractivity (Wildman–Crippen MR) is 119 cm³/mol. The van der Waals surface area contributed by atoms with Gasteiger partial charge in [-0.1, -0.05) is 13.8 Å². The molecule has 4 rings (SSSR count). The summed E-state index contributed by atoms with van der Waals surface area (Å²) in [6.45, 7) is 6.14. The predicted octanol–water partition coefficient (Wildman–Crippen LogP) is 5.53. The number of fused-ring (bicyclic) bond motifs is 1. The Kier molecular flexibility index (Phi) is 5.94. The molecule has 7 heteroatoms. The number of aryl methyl sites for hydroxylation is 1. The summed E-state index contributed by atoms with van der Waals surface area (Å²) in [5, 5.41) is 8.56.